The summed E-state index contributed by atoms with van der Waals surface area (Å²) in [5.41, 5.74) is 1.85. The molecule has 0 aromatic heterocycles. The number of amides is 1. The number of carbonyl (C=O) groups is 1. The van der Waals surface area contributed by atoms with E-state index in [1.807, 2.05) is 24.3 Å². The second-order valence-corrected chi connectivity index (χ2v) is 6.18. The van der Waals surface area contributed by atoms with Crippen LogP contribution >= 0.6 is 0 Å². The van der Waals surface area contributed by atoms with Gasteiger partial charge in [-0.1, -0.05) is 26.2 Å². The predicted octanol–water partition coefficient (Wildman–Crippen LogP) is 3.63. The Morgan fingerprint density at radius 3 is 2.45 bits per heavy atom. The number of hydrogen-bond acceptors (Lipinski definition) is 2. The maximum Gasteiger partial charge on any atom is 0.253 e. The number of nitrogens with one attached hydrogen (secondary N) is 1. The van der Waals surface area contributed by atoms with E-state index < -0.39 is 0 Å². The number of hydrogen-bond donors (Lipinski definition) is 1. The molecule has 1 fully saturated rings. The van der Waals surface area contributed by atoms with E-state index in [0.29, 0.717) is 0 Å². The highest BCUT2D eigenvalue weighted by Crippen LogP contribution is 2.29. The molecule has 1 saturated carbocycles. The van der Waals surface area contributed by atoms with Gasteiger partial charge in [-0.25, -0.2) is 0 Å². The zero-order chi connectivity index (χ0) is 14.5. The molecule has 3 heteroatoms. The van der Waals surface area contributed by atoms with Crippen molar-refractivity contribution in [3.05, 3.63) is 29.8 Å². The van der Waals surface area contributed by atoms with Crippen molar-refractivity contribution in [2.45, 2.75) is 32.6 Å². The first-order valence-electron chi connectivity index (χ1n) is 7.63. The molecule has 1 aromatic carbocycles. The predicted molar refractivity (Wildman–Crippen MR) is 84.1 cm³/mol. The largest absolute Gasteiger partial charge is 0.385 e. The van der Waals surface area contributed by atoms with Crippen molar-refractivity contribution < 1.29 is 4.79 Å². The molecular formula is C17H26N2O. The topological polar surface area (TPSA) is 32.3 Å². The molecule has 1 aliphatic rings. The Balaban J connectivity index is 1.89. The SMILES string of the molecule is C[C@H]1CCCC[C@@H]1CNc1ccc(C(=O)N(C)C)cc1. The summed E-state index contributed by atoms with van der Waals surface area (Å²) in [7, 11) is 3.55. The molecule has 1 N–H and O–H groups in total. The van der Waals surface area contributed by atoms with Gasteiger partial charge in [-0.15, -0.1) is 0 Å². The van der Waals surface area contributed by atoms with Crippen LogP contribution < -0.4 is 5.32 Å². The Bertz CT molecular complexity index is 439. The van der Waals surface area contributed by atoms with Crippen molar-refractivity contribution in [3.8, 4) is 0 Å². The fourth-order valence-corrected chi connectivity index (χ4v) is 2.93. The number of anilines is 1. The first-order chi connectivity index (χ1) is 9.58. The summed E-state index contributed by atoms with van der Waals surface area (Å²) in [6.45, 7) is 3.41. The molecule has 0 saturated heterocycles. The maximum absolute atomic E-state index is 11.8. The summed E-state index contributed by atoms with van der Waals surface area (Å²) in [6, 6.07) is 7.80. The summed E-state index contributed by atoms with van der Waals surface area (Å²) >= 11 is 0. The Morgan fingerprint density at radius 2 is 1.85 bits per heavy atom. The molecule has 3 nitrogen and oxygen atoms in total. The molecule has 2 rings (SSSR count). The molecule has 1 aliphatic carbocycles. The van der Waals surface area contributed by atoms with E-state index in [1.165, 1.54) is 25.7 Å². The zero-order valence-electron chi connectivity index (χ0n) is 12.9. The van der Waals surface area contributed by atoms with E-state index in [-0.39, 0.29) is 5.91 Å². The van der Waals surface area contributed by atoms with E-state index in [0.717, 1.165) is 29.6 Å². The second kappa shape index (κ2) is 6.78. The Labute approximate surface area is 122 Å². The van der Waals surface area contributed by atoms with Crippen molar-refractivity contribution in [1.29, 1.82) is 0 Å². The van der Waals surface area contributed by atoms with Gasteiger partial charge in [0.15, 0.2) is 0 Å². The lowest BCUT2D eigenvalue weighted by atomic mass is 9.80. The monoisotopic (exact) mass is 274 g/mol. The second-order valence-electron chi connectivity index (χ2n) is 6.18. The van der Waals surface area contributed by atoms with Gasteiger partial charge < -0.3 is 10.2 Å². The van der Waals surface area contributed by atoms with Crippen LogP contribution in [0.25, 0.3) is 0 Å². The van der Waals surface area contributed by atoms with Gasteiger partial charge in [0.2, 0.25) is 0 Å². The van der Waals surface area contributed by atoms with Gasteiger partial charge in [-0.3, -0.25) is 4.79 Å². The van der Waals surface area contributed by atoms with Crippen molar-refractivity contribution in [3.63, 3.8) is 0 Å². The molecule has 20 heavy (non-hydrogen) atoms. The Hall–Kier alpha value is -1.51. The van der Waals surface area contributed by atoms with Gasteiger partial charge >= 0.3 is 0 Å². The minimum Gasteiger partial charge on any atom is -0.385 e. The fourth-order valence-electron chi connectivity index (χ4n) is 2.93. The number of benzene rings is 1. The van der Waals surface area contributed by atoms with Crippen LogP contribution in [0.15, 0.2) is 24.3 Å². The molecule has 0 bridgehead atoms. The van der Waals surface area contributed by atoms with Crippen LogP contribution in [0.4, 0.5) is 5.69 Å². The summed E-state index contributed by atoms with van der Waals surface area (Å²) in [6.07, 6.45) is 5.46. The van der Waals surface area contributed by atoms with Crippen LogP contribution in [0, 0.1) is 11.8 Å². The van der Waals surface area contributed by atoms with Crippen molar-refractivity contribution >= 4 is 11.6 Å². The van der Waals surface area contributed by atoms with E-state index in [4.69, 9.17) is 0 Å². The lowest BCUT2D eigenvalue weighted by Crippen LogP contribution is -2.24. The van der Waals surface area contributed by atoms with E-state index in [2.05, 4.69) is 12.2 Å². The quantitative estimate of drug-likeness (QED) is 0.909. The van der Waals surface area contributed by atoms with Gasteiger partial charge in [0.1, 0.15) is 0 Å². The molecule has 0 radical (unpaired) electrons. The standard InChI is InChI=1S/C17H26N2O/c1-13-6-4-5-7-15(13)12-18-16-10-8-14(9-11-16)17(20)19(2)3/h8-11,13,15,18H,4-7,12H2,1-3H3/t13-,15+/m0/s1. The van der Waals surface area contributed by atoms with E-state index in [9.17, 15) is 4.79 Å². The van der Waals surface area contributed by atoms with Crippen molar-refractivity contribution in [2.75, 3.05) is 26.0 Å². The Morgan fingerprint density at radius 1 is 1.20 bits per heavy atom. The third-order valence-corrected chi connectivity index (χ3v) is 4.40. The van der Waals surface area contributed by atoms with Crippen LogP contribution in [0.3, 0.4) is 0 Å². The summed E-state index contributed by atoms with van der Waals surface area (Å²) in [5, 5.41) is 3.52. The third-order valence-electron chi connectivity index (χ3n) is 4.40. The summed E-state index contributed by atoms with van der Waals surface area (Å²) in [5.74, 6) is 1.66. The number of rotatable bonds is 4. The van der Waals surface area contributed by atoms with Crippen LogP contribution in [0.1, 0.15) is 43.0 Å². The highest BCUT2D eigenvalue weighted by atomic mass is 16.2. The molecule has 0 aliphatic heterocycles. The van der Waals surface area contributed by atoms with Gasteiger partial charge in [0, 0.05) is 31.9 Å². The van der Waals surface area contributed by atoms with Crippen LogP contribution in [0.2, 0.25) is 0 Å². The molecule has 2 atom stereocenters. The first-order valence-corrected chi connectivity index (χ1v) is 7.63. The highest BCUT2D eigenvalue weighted by Gasteiger charge is 2.20. The molecule has 1 amide bonds. The number of nitrogens with zero attached hydrogens (tertiary/aromatic N) is 1. The molecule has 110 valence electrons. The van der Waals surface area contributed by atoms with Crippen molar-refractivity contribution in [1.82, 2.24) is 4.90 Å². The highest BCUT2D eigenvalue weighted by molar-refractivity contribution is 5.94. The minimum absolute atomic E-state index is 0.0532. The lowest BCUT2D eigenvalue weighted by Gasteiger charge is -2.29. The van der Waals surface area contributed by atoms with Gasteiger partial charge in [0.05, 0.1) is 0 Å². The lowest BCUT2D eigenvalue weighted by molar-refractivity contribution is 0.0827. The smallest absolute Gasteiger partial charge is 0.253 e. The van der Waals surface area contributed by atoms with Gasteiger partial charge in [-0.05, 0) is 42.5 Å². The Kier molecular flexibility index (Phi) is 5.05. The normalized spacial score (nSPS) is 22.4. The third kappa shape index (κ3) is 3.75. The zero-order valence-corrected chi connectivity index (χ0v) is 12.9. The van der Waals surface area contributed by atoms with E-state index in [1.54, 1.807) is 19.0 Å². The average molecular weight is 274 g/mol. The van der Waals surface area contributed by atoms with Crippen LogP contribution in [-0.2, 0) is 0 Å². The van der Waals surface area contributed by atoms with Gasteiger partial charge in [-0.2, -0.15) is 0 Å². The van der Waals surface area contributed by atoms with Gasteiger partial charge in [0.25, 0.3) is 5.91 Å². The molecular weight excluding hydrogens is 248 g/mol. The fraction of sp³-hybridized carbons (Fsp3) is 0.588. The van der Waals surface area contributed by atoms with Crippen molar-refractivity contribution in [2.24, 2.45) is 11.8 Å². The number of carbonyl (C=O) groups excluding carboxylic acids is 1. The maximum atomic E-state index is 11.8. The molecule has 0 heterocycles. The summed E-state index contributed by atoms with van der Waals surface area (Å²) in [4.78, 5) is 13.4. The average Bonchev–Trinajstić information content (AvgIpc) is 2.46. The summed E-state index contributed by atoms with van der Waals surface area (Å²) < 4.78 is 0. The van der Waals surface area contributed by atoms with Crippen LogP contribution in [-0.4, -0.2) is 31.4 Å². The molecule has 0 unspecified atom stereocenters. The first kappa shape index (κ1) is 14.9. The minimum atomic E-state index is 0.0532. The van der Waals surface area contributed by atoms with Crippen LogP contribution in [0.5, 0.6) is 0 Å². The molecule has 0 spiro atoms. The molecule has 1 aromatic rings. The van der Waals surface area contributed by atoms with E-state index >= 15 is 0 Å².